The number of halogens is 3. The van der Waals surface area contributed by atoms with Gasteiger partial charge in [0.1, 0.15) is 0 Å². The highest BCUT2D eigenvalue weighted by Gasteiger charge is 2.56. The minimum Gasteiger partial charge on any atom is -0.166 e. The summed E-state index contributed by atoms with van der Waals surface area (Å²) >= 11 is 0. The molecule has 0 radical (unpaired) electrons. The van der Waals surface area contributed by atoms with Crippen LogP contribution in [0.15, 0.2) is 48.1 Å². The smallest absolute Gasteiger partial charge is 0.166 e. The molecule has 2 fully saturated rings. The maximum Gasteiger partial charge on any atom is 0.416 e. The molecule has 3 unspecified atom stereocenters. The Balaban J connectivity index is 1.73. The second-order valence-electron chi connectivity index (χ2n) is 6.50. The van der Waals surface area contributed by atoms with Crippen molar-refractivity contribution in [1.29, 1.82) is 0 Å². The fourth-order valence-electron chi connectivity index (χ4n) is 3.28. The van der Waals surface area contributed by atoms with Gasteiger partial charge in [-0.25, -0.2) is 0 Å². The van der Waals surface area contributed by atoms with Gasteiger partial charge in [0.15, 0.2) is 0 Å². The number of alkyl halides is 3. The van der Waals surface area contributed by atoms with Crippen LogP contribution in [0.25, 0.3) is 0 Å². The molecule has 3 aliphatic rings. The van der Waals surface area contributed by atoms with Gasteiger partial charge in [-0.2, -0.15) is 13.2 Å². The van der Waals surface area contributed by atoms with E-state index in [0.717, 1.165) is 12.5 Å². The normalized spacial score (nSPS) is 36.5. The molecule has 0 aromatic heterocycles. The highest BCUT2D eigenvalue weighted by Crippen LogP contribution is 2.64. The first-order valence-electron chi connectivity index (χ1n) is 7.15. The van der Waals surface area contributed by atoms with Crippen LogP contribution in [0.5, 0.6) is 0 Å². The Morgan fingerprint density at radius 3 is 2.60 bits per heavy atom. The van der Waals surface area contributed by atoms with Gasteiger partial charge < -0.3 is 0 Å². The lowest BCUT2D eigenvalue weighted by Crippen LogP contribution is -2.12. The SMILES string of the molecule is C=C(C1CC1)C1CC1(C)C1C=CC=C(C(F)(F)F)C=C1. The minimum absolute atomic E-state index is 0.0571. The van der Waals surface area contributed by atoms with E-state index in [-0.39, 0.29) is 11.3 Å². The zero-order valence-corrected chi connectivity index (χ0v) is 11.6. The van der Waals surface area contributed by atoms with Gasteiger partial charge in [-0.05, 0) is 36.5 Å². The highest BCUT2D eigenvalue weighted by atomic mass is 19.4. The van der Waals surface area contributed by atoms with Crippen LogP contribution in [0.2, 0.25) is 0 Å². The molecule has 108 valence electrons. The van der Waals surface area contributed by atoms with E-state index in [1.165, 1.54) is 24.5 Å². The van der Waals surface area contributed by atoms with Gasteiger partial charge in [-0.3, -0.25) is 0 Å². The van der Waals surface area contributed by atoms with Gasteiger partial charge in [-0.1, -0.05) is 49.5 Å². The summed E-state index contributed by atoms with van der Waals surface area (Å²) in [6, 6.07) is 0. The van der Waals surface area contributed by atoms with Gasteiger partial charge >= 0.3 is 6.18 Å². The standard InChI is InChI=1S/C17H19F3/c1-11(12-6-7-12)15-10-16(15,2)13-4-3-5-14(9-8-13)17(18,19)20/h3-5,8-9,12-13,15H,1,6-7,10H2,2H3. The lowest BCUT2D eigenvalue weighted by Gasteiger charge is -2.19. The predicted molar refractivity (Wildman–Crippen MR) is 74.0 cm³/mol. The molecule has 0 aliphatic heterocycles. The quantitative estimate of drug-likeness (QED) is 0.622. The molecule has 0 amide bonds. The monoisotopic (exact) mass is 280 g/mol. The first-order valence-corrected chi connectivity index (χ1v) is 7.15. The number of hydrogen-bond acceptors (Lipinski definition) is 0. The second kappa shape index (κ2) is 4.37. The number of rotatable bonds is 3. The summed E-state index contributed by atoms with van der Waals surface area (Å²) in [6.07, 6.45) is 6.80. The molecule has 0 heterocycles. The van der Waals surface area contributed by atoms with E-state index in [9.17, 15) is 13.2 Å². The van der Waals surface area contributed by atoms with Gasteiger partial charge in [-0.15, -0.1) is 0 Å². The fraction of sp³-hybridized carbons (Fsp3) is 0.529. The predicted octanol–water partition coefficient (Wildman–Crippen LogP) is 5.21. The molecule has 0 bridgehead atoms. The van der Waals surface area contributed by atoms with Crippen LogP contribution in [-0.2, 0) is 0 Å². The van der Waals surface area contributed by atoms with Crippen LogP contribution in [-0.4, -0.2) is 6.18 Å². The van der Waals surface area contributed by atoms with Crippen LogP contribution in [0.4, 0.5) is 13.2 Å². The Bertz CT molecular complexity index is 517. The van der Waals surface area contributed by atoms with Crippen LogP contribution >= 0.6 is 0 Å². The van der Waals surface area contributed by atoms with E-state index < -0.39 is 11.7 Å². The average Bonchev–Trinajstić information content (AvgIpc) is 3.24. The Hall–Kier alpha value is -1.25. The number of hydrogen-bond donors (Lipinski definition) is 0. The van der Waals surface area contributed by atoms with Crippen LogP contribution in [0.1, 0.15) is 26.2 Å². The van der Waals surface area contributed by atoms with E-state index >= 15 is 0 Å². The molecular weight excluding hydrogens is 261 g/mol. The third-order valence-electron chi connectivity index (χ3n) is 5.00. The summed E-state index contributed by atoms with van der Waals surface area (Å²) in [4.78, 5) is 0. The molecule has 2 saturated carbocycles. The molecule has 20 heavy (non-hydrogen) atoms. The van der Waals surface area contributed by atoms with Crippen molar-refractivity contribution in [3.8, 4) is 0 Å². The summed E-state index contributed by atoms with van der Waals surface area (Å²) < 4.78 is 38.1. The molecule has 0 spiro atoms. The number of allylic oxidation sites excluding steroid dienone is 7. The summed E-state index contributed by atoms with van der Waals surface area (Å²) in [5, 5.41) is 0. The zero-order valence-electron chi connectivity index (χ0n) is 11.6. The van der Waals surface area contributed by atoms with E-state index in [0.29, 0.717) is 11.8 Å². The molecule has 0 saturated heterocycles. The van der Waals surface area contributed by atoms with Crippen molar-refractivity contribution in [3.05, 3.63) is 48.1 Å². The topological polar surface area (TPSA) is 0 Å². The summed E-state index contributed by atoms with van der Waals surface area (Å²) in [6.45, 7) is 6.38. The van der Waals surface area contributed by atoms with Crippen molar-refractivity contribution >= 4 is 0 Å². The van der Waals surface area contributed by atoms with Gasteiger partial charge in [0, 0.05) is 5.92 Å². The summed E-state index contributed by atoms with van der Waals surface area (Å²) in [5.41, 5.74) is 0.808. The lowest BCUT2D eigenvalue weighted by atomic mass is 9.85. The molecular formula is C17H19F3. The van der Waals surface area contributed by atoms with Crippen LogP contribution < -0.4 is 0 Å². The molecule has 0 aromatic rings. The third-order valence-corrected chi connectivity index (χ3v) is 5.00. The Kier molecular flexibility index (Phi) is 3.00. The van der Waals surface area contributed by atoms with Crippen molar-refractivity contribution in [3.63, 3.8) is 0 Å². The first kappa shape index (κ1) is 13.7. The van der Waals surface area contributed by atoms with Gasteiger partial charge in [0.25, 0.3) is 0 Å². The van der Waals surface area contributed by atoms with Gasteiger partial charge in [0.2, 0.25) is 0 Å². The molecule has 3 heteroatoms. The van der Waals surface area contributed by atoms with Crippen LogP contribution in [0.3, 0.4) is 0 Å². The average molecular weight is 280 g/mol. The van der Waals surface area contributed by atoms with Crippen molar-refractivity contribution in [2.45, 2.75) is 32.4 Å². The summed E-state index contributed by atoms with van der Waals surface area (Å²) in [5.74, 6) is 1.21. The zero-order chi connectivity index (χ0) is 14.5. The Labute approximate surface area is 117 Å². The highest BCUT2D eigenvalue weighted by molar-refractivity contribution is 5.36. The van der Waals surface area contributed by atoms with E-state index in [1.807, 2.05) is 6.08 Å². The first-order chi connectivity index (χ1) is 9.32. The van der Waals surface area contributed by atoms with Crippen molar-refractivity contribution in [2.75, 3.05) is 0 Å². The van der Waals surface area contributed by atoms with Crippen molar-refractivity contribution < 1.29 is 13.2 Å². The largest absolute Gasteiger partial charge is 0.416 e. The summed E-state index contributed by atoms with van der Waals surface area (Å²) in [7, 11) is 0. The van der Waals surface area contributed by atoms with E-state index in [2.05, 4.69) is 13.5 Å². The molecule has 3 rings (SSSR count). The van der Waals surface area contributed by atoms with Gasteiger partial charge in [0.05, 0.1) is 5.57 Å². The Morgan fingerprint density at radius 2 is 2.00 bits per heavy atom. The van der Waals surface area contributed by atoms with E-state index in [1.54, 1.807) is 12.2 Å². The van der Waals surface area contributed by atoms with E-state index in [4.69, 9.17) is 0 Å². The third kappa shape index (κ3) is 2.38. The van der Waals surface area contributed by atoms with Crippen LogP contribution in [0, 0.1) is 23.2 Å². The maximum atomic E-state index is 12.7. The molecule has 0 N–H and O–H groups in total. The fourth-order valence-corrected chi connectivity index (χ4v) is 3.28. The molecule has 3 atom stereocenters. The van der Waals surface area contributed by atoms with Crippen molar-refractivity contribution in [1.82, 2.24) is 0 Å². The Morgan fingerprint density at radius 1 is 1.30 bits per heavy atom. The molecule has 0 nitrogen and oxygen atoms in total. The maximum absolute atomic E-state index is 12.7. The molecule has 0 aromatic carbocycles. The second-order valence-corrected chi connectivity index (χ2v) is 6.50. The lowest BCUT2D eigenvalue weighted by molar-refractivity contribution is -0.0881. The molecule has 3 aliphatic carbocycles. The minimum atomic E-state index is -4.27. The van der Waals surface area contributed by atoms with Crippen molar-refractivity contribution in [2.24, 2.45) is 23.2 Å².